The third-order valence-electron chi connectivity index (χ3n) is 3.36. The minimum atomic E-state index is -0.732. The molecule has 3 aromatic rings. The van der Waals surface area contributed by atoms with Crippen molar-refractivity contribution in [3.8, 4) is 11.6 Å². The van der Waals surface area contributed by atoms with Crippen LogP contribution < -0.4 is 4.74 Å². The van der Waals surface area contributed by atoms with Gasteiger partial charge in [0.1, 0.15) is 11.3 Å². The van der Waals surface area contributed by atoms with Gasteiger partial charge in [0.25, 0.3) is 0 Å². The zero-order valence-electron chi connectivity index (χ0n) is 13.1. The first-order chi connectivity index (χ1) is 11.7. The van der Waals surface area contributed by atoms with E-state index in [2.05, 4.69) is 5.10 Å². The van der Waals surface area contributed by atoms with Gasteiger partial charge in [0.15, 0.2) is 5.69 Å². The SMILES string of the molecule is COC(=O)c1nn2c(Oc3ccccc3)cccc2c1C(=O)OC. The van der Waals surface area contributed by atoms with Gasteiger partial charge in [0.2, 0.25) is 5.88 Å². The van der Waals surface area contributed by atoms with Gasteiger partial charge in [0, 0.05) is 6.07 Å². The molecule has 0 aliphatic rings. The Kier molecular flexibility index (Phi) is 4.15. The van der Waals surface area contributed by atoms with Crippen LogP contribution in [0.15, 0.2) is 48.5 Å². The summed E-state index contributed by atoms with van der Waals surface area (Å²) < 4.78 is 16.6. The van der Waals surface area contributed by atoms with E-state index in [0.29, 0.717) is 17.1 Å². The number of ether oxygens (including phenoxy) is 3. The Hall–Kier alpha value is -3.35. The third kappa shape index (κ3) is 2.67. The topological polar surface area (TPSA) is 79.1 Å². The first-order valence-electron chi connectivity index (χ1n) is 7.07. The summed E-state index contributed by atoms with van der Waals surface area (Å²) in [6.07, 6.45) is 0. The van der Waals surface area contributed by atoms with E-state index >= 15 is 0 Å². The first kappa shape index (κ1) is 15.5. The van der Waals surface area contributed by atoms with Crippen molar-refractivity contribution in [2.75, 3.05) is 14.2 Å². The summed E-state index contributed by atoms with van der Waals surface area (Å²) in [5.41, 5.74) is 0.284. The predicted octanol–water partition coefficient (Wildman–Crippen LogP) is 2.70. The number of para-hydroxylation sites is 1. The van der Waals surface area contributed by atoms with E-state index in [-0.39, 0.29) is 11.3 Å². The van der Waals surface area contributed by atoms with Gasteiger partial charge in [-0.3, -0.25) is 0 Å². The number of hydrogen-bond donors (Lipinski definition) is 0. The Balaban J connectivity index is 2.18. The van der Waals surface area contributed by atoms with Crippen LogP contribution in [-0.4, -0.2) is 35.8 Å². The normalized spacial score (nSPS) is 10.4. The van der Waals surface area contributed by atoms with Crippen LogP contribution in [0.25, 0.3) is 5.52 Å². The van der Waals surface area contributed by atoms with E-state index in [1.165, 1.54) is 18.7 Å². The van der Waals surface area contributed by atoms with Gasteiger partial charge in [-0.2, -0.15) is 9.61 Å². The molecule has 0 aliphatic carbocycles. The van der Waals surface area contributed by atoms with Crippen LogP contribution in [0, 0.1) is 0 Å². The molecule has 0 spiro atoms. The molecule has 3 rings (SSSR count). The summed E-state index contributed by atoms with van der Waals surface area (Å²) in [4.78, 5) is 24.0. The number of aromatic nitrogens is 2. The maximum absolute atomic E-state index is 12.1. The first-order valence-corrected chi connectivity index (χ1v) is 7.07. The Morgan fingerprint density at radius 1 is 0.917 bits per heavy atom. The second-order valence-corrected chi connectivity index (χ2v) is 4.78. The highest BCUT2D eigenvalue weighted by Crippen LogP contribution is 2.26. The molecule has 24 heavy (non-hydrogen) atoms. The molecule has 0 unspecified atom stereocenters. The van der Waals surface area contributed by atoms with E-state index in [1.54, 1.807) is 30.3 Å². The molecule has 0 atom stereocenters. The van der Waals surface area contributed by atoms with Crippen LogP contribution in [0.4, 0.5) is 0 Å². The molecule has 1 aromatic carbocycles. The van der Waals surface area contributed by atoms with Gasteiger partial charge in [-0.1, -0.05) is 24.3 Å². The summed E-state index contributed by atoms with van der Waals surface area (Å²) in [5, 5.41) is 4.16. The fraction of sp³-hybridized carbons (Fsp3) is 0.118. The van der Waals surface area contributed by atoms with Gasteiger partial charge >= 0.3 is 11.9 Å². The second kappa shape index (κ2) is 6.41. The Morgan fingerprint density at radius 2 is 1.62 bits per heavy atom. The van der Waals surface area contributed by atoms with E-state index in [0.717, 1.165) is 0 Å². The van der Waals surface area contributed by atoms with Gasteiger partial charge in [0.05, 0.1) is 19.7 Å². The van der Waals surface area contributed by atoms with Gasteiger partial charge < -0.3 is 14.2 Å². The van der Waals surface area contributed by atoms with Crippen LogP contribution in [0.3, 0.4) is 0 Å². The average Bonchev–Trinajstić information content (AvgIpc) is 3.02. The number of rotatable bonds is 4. The van der Waals surface area contributed by atoms with Crippen molar-refractivity contribution in [3.05, 3.63) is 59.8 Å². The van der Waals surface area contributed by atoms with Crippen LogP contribution in [0.1, 0.15) is 20.8 Å². The number of carbonyl (C=O) groups is 2. The molecule has 7 nitrogen and oxygen atoms in total. The highest BCUT2D eigenvalue weighted by molar-refractivity contribution is 6.07. The number of pyridine rings is 1. The van der Waals surface area contributed by atoms with Crippen molar-refractivity contribution in [1.82, 2.24) is 9.61 Å². The number of benzene rings is 1. The lowest BCUT2D eigenvalue weighted by Crippen LogP contribution is -2.10. The highest BCUT2D eigenvalue weighted by atomic mass is 16.5. The second-order valence-electron chi connectivity index (χ2n) is 4.78. The maximum atomic E-state index is 12.1. The fourth-order valence-electron chi connectivity index (χ4n) is 2.27. The molecule has 0 amide bonds. The summed E-state index contributed by atoms with van der Waals surface area (Å²) in [7, 11) is 2.45. The molecule has 2 aromatic heterocycles. The number of nitrogens with zero attached hydrogens (tertiary/aromatic N) is 2. The van der Waals surface area contributed by atoms with E-state index in [4.69, 9.17) is 14.2 Å². The van der Waals surface area contributed by atoms with Crippen molar-refractivity contribution < 1.29 is 23.8 Å². The summed E-state index contributed by atoms with van der Waals surface area (Å²) in [6, 6.07) is 14.1. The zero-order valence-corrected chi connectivity index (χ0v) is 13.1. The lowest BCUT2D eigenvalue weighted by molar-refractivity contribution is 0.0553. The summed E-state index contributed by atoms with van der Waals surface area (Å²) >= 11 is 0. The maximum Gasteiger partial charge on any atom is 0.359 e. The van der Waals surface area contributed by atoms with Gasteiger partial charge in [-0.15, -0.1) is 0 Å². The van der Waals surface area contributed by atoms with Crippen molar-refractivity contribution >= 4 is 17.5 Å². The number of carbonyl (C=O) groups excluding carboxylic acids is 2. The van der Waals surface area contributed by atoms with Crippen LogP contribution >= 0.6 is 0 Å². The minimum Gasteiger partial charge on any atom is -0.465 e. The monoisotopic (exact) mass is 326 g/mol. The lowest BCUT2D eigenvalue weighted by Gasteiger charge is -2.07. The molecule has 0 radical (unpaired) electrons. The summed E-state index contributed by atoms with van der Waals surface area (Å²) in [5.74, 6) is -0.467. The molecule has 0 saturated heterocycles. The molecule has 0 N–H and O–H groups in total. The standard InChI is InChI=1S/C17H14N2O5/c1-22-16(20)14-12-9-6-10-13(24-11-7-4-3-5-8-11)19(12)18-15(14)17(21)23-2/h3-10H,1-2H3. The van der Waals surface area contributed by atoms with E-state index in [9.17, 15) is 9.59 Å². The van der Waals surface area contributed by atoms with Crippen molar-refractivity contribution in [1.29, 1.82) is 0 Å². The average molecular weight is 326 g/mol. The molecule has 122 valence electrons. The number of esters is 2. The summed E-state index contributed by atoms with van der Waals surface area (Å²) in [6.45, 7) is 0. The molecule has 7 heteroatoms. The molecule has 0 aliphatic heterocycles. The van der Waals surface area contributed by atoms with E-state index < -0.39 is 11.9 Å². The minimum absolute atomic E-state index is 0.0304. The molecular weight excluding hydrogens is 312 g/mol. The van der Waals surface area contributed by atoms with Gasteiger partial charge in [-0.05, 0) is 18.2 Å². The fourth-order valence-corrected chi connectivity index (χ4v) is 2.27. The zero-order chi connectivity index (χ0) is 17.1. The molecule has 0 bridgehead atoms. The van der Waals surface area contributed by atoms with E-state index in [1.807, 2.05) is 18.2 Å². The lowest BCUT2D eigenvalue weighted by atomic mass is 10.2. The molecule has 0 saturated carbocycles. The predicted molar refractivity (Wildman–Crippen MR) is 84.4 cm³/mol. The Morgan fingerprint density at radius 3 is 2.29 bits per heavy atom. The van der Waals surface area contributed by atoms with Crippen molar-refractivity contribution in [3.63, 3.8) is 0 Å². The van der Waals surface area contributed by atoms with Crippen LogP contribution in [-0.2, 0) is 9.47 Å². The number of methoxy groups -OCH3 is 2. The molecule has 2 heterocycles. The Bertz CT molecular complexity index is 902. The highest BCUT2D eigenvalue weighted by Gasteiger charge is 2.27. The smallest absolute Gasteiger partial charge is 0.359 e. The van der Waals surface area contributed by atoms with Crippen LogP contribution in [0.2, 0.25) is 0 Å². The molecular formula is C17H14N2O5. The van der Waals surface area contributed by atoms with Crippen LogP contribution in [0.5, 0.6) is 11.6 Å². The Labute approximate surface area is 137 Å². The third-order valence-corrected chi connectivity index (χ3v) is 3.36. The number of hydrogen-bond acceptors (Lipinski definition) is 6. The largest absolute Gasteiger partial charge is 0.465 e. The molecule has 0 fully saturated rings. The van der Waals surface area contributed by atoms with Crippen molar-refractivity contribution in [2.45, 2.75) is 0 Å². The van der Waals surface area contributed by atoms with Gasteiger partial charge in [-0.25, -0.2) is 9.59 Å². The van der Waals surface area contributed by atoms with Crippen molar-refractivity contribution in [2.24, 2.45) is 0 Å². The number of fused-ring (bicyclic) bond motifs is 1. The quantitative estimate of drug-likeness (QED) is 0.686.